The molecule has 0 aromatic rings. The minimum absolute atomic E-state index is 0.699. The lowest BCUT2D eigenvalue weighted by Gasteiger charge is -2.17. The van der Waals surface area contributed by atoms with Crippen molar-refractivity contribution >= 4 is 0 Å². The predicted octanol–water partition coefficient (Wildman–Crippen LogP) is 2.94. The summed E-state index contributed by atoms with van der Waals surface area (Å²) in [4.78, 5) is 4.62. The summed E-state index contributed by atoms with van der Waals surface area (Å²) in [5.74, 6) is 0.806. The molecule has 0 heterocycles. The molecular weight excluding hydrogens is 184 g/mol. The summed E-state index contributed by atoms with van der Waals surface area (Å²) < 4.78 is 0. The van der Waals surface area contributed by atoms with Crippen molar-refractivity contribution in [3.63, 3.8) is 0 Å². The van der Waals surface area contributed by atoms with Crippen LogP contribution in [0.2, 0.25) is 0 Å². The van der Waals surface area contributed by atoms with E-state index in [1.807, 2.05) is 0 Å². The smallest absolute Gasteiger partial charge is 0.00354 e. The summed E-state index contributed by atoms with van der Waals surface area (Å²) in [6.07, 6.45) is 0. The molecule has 0 saturated carbocycles. The van der Waals surface area contributed by atoms with Crippen molar-refractivity contribution in [1.29, 1.82) is 0 Å². The van der Waals surface area contributed by atoms with Gasteiger partial charge in [-0.05, 0) is 47.0 Å². The Morgan fingerprint density at radius 3 is 1.40 bits per heavy atom. The Labute approximate surface area is 97.6 Å². The van der Waals surface area contributed by atoms with E-state index in [1.54, 1.807) is 0 Å². The number of hydrogen-bond donors (Lipinski definition) is 0. The lowest BCUT2D eigenvalue weighted by molar-refractivity contribution is 0.289. The van der Waals surface area contributed by atoms with Gasteiger partial charge in [-0.1, -0.05) is 27.7 Å². The van der Waals surface area contributed by atoms with Crippen LogP contribution in [0, 0.1) is 5.92 Å². The van der Waals surface area contributed by atoms with Gasteiger partial charge in [-0.25, -0.2) is 0 Å². The van der Waals surface area contributed by atoms with E-state index in [2.05, 4.69) is 65.4 Å². The van der Waals surface area contributed by atoms with Crippen LogP contribution >= 0.6 is 0 Å². The van der Waals surface area contributed by atoms with Crippen LogP contribution in [-0.2, 0) is 0 Å². The molecule has 0 amide bonds. The topological polar surface area (TPSA) is 6.48 Å². The van der Waals surface area contributed by atoms with Gasteiger partial charge in [0.15, 0.2) is 0 Å². The summed E-state index contributed by atoms with van der Waals surface area (Å²) in [5, 5.41) is 0. The number of nitrogens with zero attached hydrogens (tertiary/aromatic N) is 2. The molecular formula is C13H32N2. The van der Waals surface area contributed by atoms with Crippen LogP contribution in [0.3, 0.4) is 0 Å². The Morgan fingerprint density at radius 2 is 1.33 bits per heavy atom. The van der Waals surface area contributed by atoms with Gasteiger partial charge in [-0.2, -0.15) is 0 Å². The summed E-state index contributed by atoms with van der Waals surface area (Å²) in [5.41, 5.74) is 0. The van der Waals surface area contributed by atoms with Crippen LogP contribution < -0.4 is 0 Å². The van der Waals surface area contributed by atoms with Crippen molar-refractivity contribution in [2.45, 2.75) is 47.6 Å². The van der Waals surface area contributed by atoms with Gasteiger partial charge in [0.05, 0.1) is 0 Å². The van der Waals surface area contributed by atoms with Gasteiger partial charge in [-0.15, -0.1) is 0 Å². The molecule has 0 unspecified atom stereocenters. The molecule has 0 fully saturated rings. The highest BCUT2D eigenvalue weighted by molar-refractivity contribution is 4.51. The molecule has 2 heteroatoms. The molecule has 0 bridgehead atoms. The van der Waals surface area contributed by atoms with Crippen molar-refractivity contribution in [2.24, 2.45) is 5.92 Å². The molecule has 0 saturated heterocycles. The second-order valence-electron chi connectivity index (χ2n) is 4.92. The second kappa shape index (κ2) is 10.4. The molecule has 2 nitrogen and oxygen atoms in total. The van der Waals surface area contributed by atoms with Crippen LogP contribution in [0.25, 0.3) is 0 Å². The molecule has 0 atom stereocenters. The van der Waals surface area contributed by atoms with Crippen LogP contribution in [0.4, 0.5) is 0 Å². The monoisotopic (exact) mass is 216 g/mol. The van der Waals surface area contributed by atoms with E-state index in [-0.39, 0.29) is 0 Å². The molecule has 94 valence electrons. The average molecular weight is 216 g/mol. The van der Waals surface area contributed by atoms with E-state index < -0.39 is 0 Å². The van der Waals surface area contributed by atoms with E-state index in [1.165, 1.54) is 6.54 Å². The highest BCUT2D eigenvalue weighted by atomic mass is 15.1. The zero-order valence-corrected chi connectivity index (χ0v) is 12.2. The van der Waals surface area contributed by atoms with Gasteiger partial charge in [0.2, 0.25) is 0 Å². The van der Waals surface area contributed by atoms with Crippen LogP contribution in [-0.4, -0.2) is 49.6 Å². The van der Waals surface area contributed by atoms with Gasteiger partial charge in [0.1, 0.15) is 0 Å². The fourth-order valence-corrected chi connectivity index (χ4v) is 1.12. The van der Waals surface area contributed by atoms with Gasteiger partial charge >= 0.3 is 0 Å². The number of rotatable bonds is 5. The number of hydrogen-bond acceptors (Lipinski definition) is 2. The molecule has 15 heavy (non-hydrogen) atoms. The predicted molar refractivity (Wildman–Crippen MR) is 71.4 cm³/mol. The molecule has 0 aliphatic rings. The van der Waals surface area contributed by atoms with Crippen LogP contribution in [0.1, 0.15) is 41.5 Å². The summed E-state index contributed by atoms with van der Waals surface area (Å²) in [6.45, 7) is 16.8. The summed E-state index contributed by atoms with van der Waals surface area (Å²) in [7, 11) is 4.28. The molecule has 0 aliphatic carbocycles. The lowest BCUT2D eigenvalue weighted by atomic mass is 10.2. The van der Waals surface area contributed by atoms with Crippen LogP contribution in [0.15, 0.2) is 0 Å². The average Bonchev–Trinajstić information content (AvgIpc) is 2.16. The van der Waals surface area contributed by atoms with Crippen molar-refractivity contribution in [1.82, 2.24) is 9.80 Å². The van der Waals surface area contributed by atoms with Crippen molar-refractivity contribution in [3.05, 3.63) is 0 Å². The first-order chi connectivity index (χ1) is 6.84. The van der Waals surface area contributed by atoms with Crippen molar-refractivity contribution in [3.8, 4) is 0 Å². The van der Waals surface area contributed by atoms with Crippen LogP contribution in [0.5, 0.6) is 0 Å². The van der Waals surface area contributed by atoms with E-state index in [9.17, 15) is 0 Å². The minimum atomic E-state index is 0.699. The van der Waals surface area contributed by atoms with Gasteiger partial charge in [0, 0.05) is 12.6 Å². The Kier molecular flexibility index (Phi) is 12.1. The standard InChI is InChI=1S/C7H17N.C6H15N/c1-5-8(4)6-7(2)3;1-5-7(4)6(2)3/h7H,5-6H2,1-4H3;6H,5H2,1-4H3. The normalized spacial score (nSPS) is 11.2. The SMILES string of the molecule is CCN(C)C(C)C.CCN(C)CC(C)C. The third kappa shape index (κ3) is 13.9. The third-order valence-electron chi connectivity index (χ3n) is 2.60. The zero-order chi connectivity index (χ0) is 12.4. The maximum atomic E-state index is 2.32. The first kappa shape index (κ1) is 17.3. The third-order valence-corrected chi connectivity index (χ3v) is 2.60. The fourth-order valence-electron chi connectivity index (χ4n) is 1.12. The minimum Gasteiger partial charge on any atom is -0.306 e. The summed E-state index contributed by atoms with van der Waals surface area (Å²) >= 11 is 0. The fraction of sp³-hybridized carbons (Fsp3) is 1.00. The second-order valence-corrected chi connectivity index (χ2v) is 4.92. The molecule has 0 spiro atoms. The van der Waals surface area contributed by atoms with Gasteiger partial charge in [0.25, 0.3) is 0 Å². The van der Waals surface area contributed by atoms with E-state index >= 15 is 0 Å². The highest BCUT2D eigenvalue weighted by Crippen LogP contribution is 1.93. The Hall–Kier alpha value is -0.0800. The molecule has 0 N–H and O–H groups in total. The zero-order valence-electron chi connectivity index (χ0n) is 12.2. The lowest BCUT2D eigenvalue weighted by Crippen LogP contribution is -2.25. The van der Waals surface area contributed by atoms with Gasteiger partial charge in [-0.3, -0.25) is 0 Å². The molecule has 0 aliphatic heterocycles. The maximum absolute atomic E-state index is 2.32. The van der Waals surface area contributed by atoms with Crippen molar-refractivity contribution in [2.75, 3.05) is 33.7 Å². The summed E-state index contributed by atoms with van der Waals surface area (Å²) in [6, 6.07) is 0.699. The Balaban J connectivity index is 0. The largest absolute Gasteiger partial charge is 0.306 e. The molecule has 0 aromatic heterocycles. The Morgan fingerprint density at radius 1 is 0.867 bits per heavy atom. The first-order valence-corrected chi connectivity index (χ1v) is 6.23. The first-order valence-electron chi connectivity index (χ1n) is 6.23. The van der Waals surface area contributed by atoms with E-state index in [0.29, 0.717) is 6.04 Å². The maximum Gasteiger partial charge on any atom is 0.00354 e. The quantitative estimate of drug-likeness (QED) is 0.697. The molecule has 0 rings (SSSR count). The molecule has 0 radical (unpaired) electrons. The Bertz CT molecular complexity index is 122. The van der Waals surface area contributed by atoms with Gasteiger partial charge < -0.3 is 9.80 Å². The highest BCUT2D eigenvalue weighted by Gasteiger charge is 1.96. The van der Waals surface area contributed by atoms with E-state index in [4.69, 9.17) is 0 Å². The van der Waals surface area contributed by atoms with E-state index in [0.717, 1.165) is 19.0 Å². The van der Waals surface area contributed by atoms with Crippen molar-refractivity contribution < 1.29 is 0 Å². The molecule has 0 aromatic carbocycles.